The third kappa shape index (κ3) is 2.61. The molecule has 28 heavy (non-hydrogen) atoms. The third-order valence-corrected chi connectivity index (χ3v) is 4.57. The average Bonchev–Trinajstić information content (AvgIpc) is 3.10. The smallest absolute Gasteiger partial charge is 0.297 e. The number of furan rings is 1. The summed E-state index contributed by atoms with van der Waals surface area (Å²) in [6, 6.07) is 16.6. The molecule has 0 saturated heterocycles. The third-order valence-electron chi connectivity index (χ3n) is 4.57. The number of rotatable bonds is 3. The number of para-hydroxylation sites is 2. The summed E-state index contributed by atoms with van der Waals surface area (Å²) in [6.45, 7) is -0.179. The van der Waals surface area contributed by atoms with Crippen molar-refractivity contribution in [2.75, 3.05) is 5.32 Å². The van der Waals surface area contributed by atoms with Gasteiger partial charge >= 0.3 is 0 Å². The summed E-state index contributed by atoms with van der Waals surface area (Å²) in [4.78, 5) is 33.9. The van der Waals surface area contributed by atoms with Crippen molar-refractivity contribution < 1.29 is 9.21 Å². The van der Waals surface area contributed by atoms with Crippen LogP contribution in [0, 0.1) is 0 Å². The van der Waals surface area contributed by atoms with Crippen LogP contribution in [-0.2, 0) is 11.3 Å². The Morgan fingerprint density at radius 1 is 1.00 bits per heavy atom. The summed E-state index contributed by atoms with van der Waals surface area (Å²) in [5, 5.41) is 4.51. The summed E-state index contributed by atoms with van der Waals surface area (Å²) in [5.74, 6) is -0.350. The van der Waals surface area contributed by atoms with Gasteiger partial charge in [-0.2, -0.15) is 0 Å². The second kappa shape index (κ2) is 6.31. The quantitative estimate of drug-likeness (QED) is 0.526. The molecule has 0 aliphatic carbocycles. The molecule has 0 atom stereocenters. The first-order chi connectivity index (χ1) is 13.7. The number of hydrogen-bond donors (Lipinski definition) is 1. The van der Waals surface area contributed by atoms with Crippen molar-refractivity contribution in [3.05, 3.63) is 77.5 Å². The molecule has 0 bridgehead atoms. The molecule has 136 valence electrons. The maximum Gasteiger partial charge on any atom is 0.297 e. The van der Waals surface area contributed by atoms with Gasteiger partial charge in [-0.1, -0.05) is 30.3 Å². The first-order valence-electron chi connectivity index (χ1n) is 8.71. The number of nitrogens with one attached hydrogen (secondary N) is 1. The van der Waals surface area contributed by atoms with Crippen molar-refractivity contribution in [3.8, 4) is 0 Å². The Morgan fingerprint density at radius 3 is 2.79 bits per heavy atom. The van der Waals surface area contributed by atoms with Gasteiger partial charge < -0.3 is 9.73 Å². The SMILES string of the molecule is O=C(Cn1cnc2c(oc3ccccc32)c1=O)Nc1cccc2cccnc12. The Balaban J connectivity index is 1.48. The number of aromatic nitrogens is 3. The van der Waals surface area contributed by atoms with Crippen molar-refractivity contribution >= 4 is 44.6 Å². The number of anilines is 1. The number of carbonyl (C=O) groups is 1. The van der Waals surface area contributed by atoms with Crippen molar-refractivity contribution in [2.45, 2.75) is 6.54 Å². The van der Waals surface area contributed by atoms with E-state index in [2.05, 4.69) is 15.3 Å². The molecule has 0 aliphatic heterocycles. The molecule has 0 unspecified atom stereocenters. The largest absolute Gasteiger partial charge is 0.448 e. The molecule has 3 aromatic heterocycles. The molecule has 5 aromatic rings. The fraction of sp³-hybridized carbons (Fsp3) is 0.0476. The molecule has 0 aliphatic rings. The Bertz CT molecular complexity index is 1410. The standard InChI is InChI=1S/C21H14N4O3/c26-17(24-15-8-3-5-13-6-4-10-22-18(13)15)11-25-12-23-19-14-7-1-2-9-16(14)28-20(19)21(25)27/h1-10,12H,11H2,(H,24,26). The topological polar surface area (TPSA) is 90.0 Å². The molecule has 1 N–H and O–H groups in total. The monoisotopic (exact) mass is 370 g/mol. The molecule has 0 spiro atoms. The minimum Gasteiger partial charge on any atom is -0.448 e. The maximum absolute atomic E-state index is 12.7. The number of amides is 1. The van der Waals surface area contributed by atoms with E-state index in [4.69, 9.17) is 4.42 Å². The molecule has 0 radical (unpaired) electrons. The number of benzene rings is 2. The number of pyridine rings is 1. The van der Waals surface area contributed by atoms with Crippen molar-refractivity contribution in [1.29, 1.82) is 0 Å². The second-order valence-corrected chi connectivity index (χ2v) is 6.38. The average molecular weight is 370 g/mol. The van der Waals surface area contributed by atoms with Crippen LogP contribution in [0.3, 0.4) is 0 Å². The zero-order valence-corrected chi connectivity index (χ0v) is 14.6. The van der Waals surface area contributed by atoms with Gasteiger partial charge in [0, 0.05) is 17.0 Å². The molecule has 7 nitrogen and oxygen atoms in total. The Morgan fingerprint density at radius 2 is 1.86 bits per heavy atom. The van der Waals surface area contributed by atoms with E-state index in [0.29, 0.717) is 22.3 Å². The lowest BCUT2D eigenvalue weighted by Gasteiger charge is -2.09. The lowest BCUT2D eigenvalue weighted by atomic mass is 10.2. The lowest BCUT2D eigenvalue weighted by Crippen LogP contribution is -2.27. The van der Waals surface area contributed by atoms with Crippen LogP contribution in [0.5, 0.6) is 0 Å². The predicted molar refractivity (Wildman–Crippen MR) is 106 cm³/mol. The highest BCUT2D eigenvalue weighted by atomic mass is 16.3. The summed E-state index contributed by atoms with van der Waals surface area (Å²) < 4.78 is 6.88. The highest BCUT2D eigenvalue weighted by Crippen LogP contribution is 2.24. The molecular weight excluding hydrogens is 356 g/mol. The van der Waals surface area contributed by atoms with Crippen molar-refractivity contribution in [3.63, 3.8) is 0 Å². The normalized spacial score (nSPS) is 11.3. The molecule has 1 amide bonds. The van der Waals surface area contributed by atoms with Gasteiger partial charge in [0.1, 0.15) is 17.6 Å². The molecule has 3 heterocycles. The van der Waals surface area contributed by atoms with E-state index in [1.54, 1.807) is 18.3 Å². The fourth-order valence-corrected chi connectivity index (χ4v) is 3.28. The van der Waals surface area contributed by atoms with E-state index in [1.807, 2.05) is 42.5 Å². The van der Waals surface area contributed by atoms with E-state index in [0.717, 1.165) is 10.8 Å². The Kier molecular flexibility index (Phi) is 3.65. The van der Waals surface area contributed by atoms with Gasteiger partial charge in [0.05, 0.1) is 17.5 Å². The first kappa shape index (κ1) is 16.2. The van der Waals surface area contributed by atoms with E-state index in [1.165, 1.54) is 10.9 Å². The van der Waals surface area contributed by atoms with Crippen LogP contribution in [0.4, 0.5) is 5.69 Å². The zero-order valence-electron chi connectivity index (χ0n) is 14.6. The number of hydrogen-bond acceptors (Lipinski definition) is 5. The highest BCUT2D eigenvalue weighted by Gasteiger charge is 2.15. The van der Waals surface area contributed by atoms with Crippen molar-refractivity contribution in [1.82, 2.24) is 14.5 Å². The molecule has 7 heteroatoms. The molecule has 5 rings (SSSR count). The van der Waals surface area contributed by atoms with Crippen molar-refractivity contribution in [2.24, 2.45) is 0 Å². The van der Waals surface area contributed by atoms with Gasteiger partial charge in [-0.15, -0.1) is 0 Å². The van der Waals surface area contributed by atoms with E-state index in [9.17, 15) is 9.59 Å². The maximum atomic E-state index is 12.7. The van der Waals surface area contributed by atoms with Crippen LogP contribution in [0.15, 0.2) is 76.3 Å². The van der Waals surface area contributed by atoms with Crippen LogP contribution >= 0.6 is 0 Å². The molecule has 2 aromatic carbocycles. The van der Waals surface area contributed by atoms with Crippen LogP contribution < -0.4 is 10.9 Å². The molecule has 0 fully saturated rings. The number of fused-ring (bicyclic) bond motifs is 4. The summed E-state index contributed by atoms with van der Waals surface area (Å²) >= 11 is 0. The van der Waals surface area contributed by atoms with Gasteiger partial charge in [0.15, 0.2) is 0 Å². The van der Waals surface area contributed by atoms with Crippen LogP contribution in [0.2, 0.25) is 0 Å². The summed E-state index contributed by atoms with van der Waals surface area (Å²) in [5.41, 5.74) is 2.11. The van der Waals surface area contributed by atoms with Crippen LogP contribution in [0.1, 0.15) is 0 Å². The Labute approximate surface area is 158 Å². The van der Waals surface area contributed by atoms with E-state index >= 15 is 0 Å². The lowest BCUT2D eigenvalue weighted by molar-refractivity contribution is -0.116. The minimum absolute atomic E-state index is 0.142. The fourth-order valence-electron chi connectivity index (χ4n) is 3.28. The summed E-state index contributed by atoms with van der Waals surface area (Å²) in [6.07, 6.45) is 3.04. The molecular formula is C21H14N4O3. The Hall–Kier alpha value is -4.00. The minimum atomic E-state index is -0.396. The highest BCUT2D eigenvalue weighted by molar-refractivity contribution is 6.02. The van der Waals surface area contributed by atoms with Gasteiger partial charge in [-0.25, -0.2) is 4.98 Å². The van der Waals surface area contributed by atoms with Gasteiger partial charge in [0.25, 0.3) is 5.56 Å². The number of nitrogens with zero attached hydrogens (tertiary/aromatic N) is 3. The van der Waals surface area contributed by atoms with Gasteiger partial charge in [-0.3, -0.25) is 19.1 Å². The van der Waals surface area contributed by atoms with E-state index < -0.39 is 5.56 Å². The molecule has 0 saturated carbocycles. The van der Waals surface area contributed by atoms with Gasteiger partial charge in [-0.05, 0) is 24.3 Å². The predicted octanol–water partition coefficient (Wildman–Crippen LogP) is 3.33. The van der Waals surface area contributed by atoms with Crippen LogP contribution in [-0.4, -0.2) is 20.4 Å². The summed E-state index contributed by atoms with van der Waals surface area (Å²) in [7, 11) is 0. The van der Waals surface area contributed by atoms with E-state index in [-0.39, 0.29) is 18.0 Å². The number of carbonyl (C=O) groups excluding carboxylic acids is 1. The van der Waals surface area contributed by atoms with Gasteiger partial charge in [0.2, 0.25) is 11.5 Å². The van der Waals surface area contributed by atoms with Crippen LogP contribution in [0.25, 0.3) is 33.0 Å². The second-order valence-electron chi connectivity index (χ2n) is 6.38. The zero-order chi connectivity index (χ0) is 19.1. The first-order valence-corrected chi connectivity index (χ1v) is 8.71.